The zero-order chi connectivity index (χ0) is 19.3. The van der Waals surface area contributed by atoms with Gasteiger partial charge in [0.15, 0.2) is 22.9 Å². The Labute approximate surface area is 159 Å². The van der Waals surface area contributed by atoms with E-state index < -0.39 is 9.84 Å². The lowest BCUT2D eigenvalue weighted by molar-refractivity contribution is -0.881. The zero-order valence-electron chi connectivity index (χ0n) is 15.0. The van der Waals surface area contributed by atoms with Gasteiger partial charge in [0.25, 0.3) is 11.8 Å². The smallest absolute Gasteiger partial charge is 0.279 e. The summed E-state index contributed by atoms with van der Waals surface area (Å²) in [6.45, 7) is 4.62. The normalized spacial score (nSPS) is 19.7. The van der Waals surface area contributed by atoms with Gasteiger partial charge in [-0.05, 0) is 38.0 Å². The second-order valence-electron chi connectivity index (χ2n) is 6.63. The molecule has 1 aromatic rings. The Morgan fingerprint density at radius 1 is 1.27 bits per heavy atom. The van der Waals surface area contributed by atoms with Crippen molar-refractivity contribution in [3.63, 3.8) is 0 Å². The van der Waals surface area contributed by atoms with Gasteiger partial charge in [-0.3, -0.25) is 9.59 Å². The van der Waals surface area contributed by atoms with E-state index in [2.05, 4.69) is 10.6 Å². The standard InChI is InChI=1S/C17H24ClN3O4S/c1-3-21(9-16(22)19-14-6-7-26(24,25)11-14)10-17(23)20-15-8-13(18)5-4-12(15)2/h4-5,8,14H,3,6-7,9-11H2,1-2H3,(H,19,22)(H,20,23)/p+1/t14-/m1/s1. The van der Waals surface area contributed by atoms with Crippen LogP contribution in [0.25, 0.3) is 0 Å². The number of carbonyl (C=O) groups is 2. The molecule has 1 unspecified atom stereocenters. The number of likely N-dealkylation sites (N-methyl/N-ethyl adjacent to an activating group) is 1. The van der Waals surface area contributed by atoms with E-state index in [0.717, 1.165) is 10.5 Å². The maximum Gasteiger partial charge on any atom is 0.279 e. The number of rotatable bonds is 7. The number of benzene rings is 1. The third-order valence-electron chi connectivity index (χ3n) is 4.39. The summed E-state index contributed by atoms with van der Waals surface area (Å²) in [6.07, 6.45) is 0.448. The highest BCUT2D eigenvalue weighted by Crippen LogP contribution is 2.19. The Kier molecular flexibility index (Phi) is 7.02. The summed E-state index contributed by atoms with van der Waals surface area (Å²) in [5, 5.41) is 6.11. The number of hydrogen-bond acceptors (Lipinski definition) is 4. The number of aryl methyl sites for hydroxylation is 1. The van der Waals surface area contributed by atoms with Gasteiger partial charge in [0.05, 0.1) is 18.1 Å². The first kappa shape index (κ1) is 20.7. The monoisotopic (exact) mass is 402 g/mol. The van der Waals surface area contributed by atoms with Crippen molar-refractivity contribution in [3.8, 4) is 0 Å². The van der Waals surface area contributed by atoms with Crippen LogP contribution in [0.5, 0.6) is 0 Å². The van der Waals surface area contributed by atoms with Crippen LogP contribution >= 0.6 is 11.6 Å². The number of hydrogen-bond donors (Lipinski definition) is 3. The molecule has 9 heteroatoms. The molecule has 1 aliphatic heterocycles. The highest BCUT2D eigenvalue weighted by molar-refractivity contribution is 7.91. The molecule has 0 radical (unpaired) electrons. The van der Waals surface area contributed by atoms with E-state index in [9.17, 15) is 18.0 Å². The van der Waals surface area contributed by atoms with E-state index >= 15 is 0 Å². The second kappa shape index (κ2) is 8.83. The lowest BCUT2D eigenvalue weighted by Gasteiger charge is -2.18. The highest BCUT2D eigenvalue weighted by Gasteiger charge is 2.29. The molecular formula is C17H25ClN3O4S+. The van der Waals surface area contributed by atoms with Gasteiger partial charge in [-0.1, -0.05) is 17.7 Å². The number of sulfone groups is 1. The molecule has 7 nitrogen and oxygen atoms in total. The van der Waals surface area contributed by atoms with Crippen molar-refractivity contribution in [1.82, 2.24) is 5.32 Å². The van der Waals surface area contributed by atoms with Crippen molar-refractivity contribution in [2.75, 3.05) is 36.5 Å². The van der Waals surface area contributed by atoms with Gasteiger partial charge >= 0.3 is 0 Å². The van der Waals surface area contributed by atoms with Gasteiger partial charge in [0, 0.05) is 16.8 Å². The first-order chi connectivity index (χ1) is 12.2. The molecule has 1 fully saturated rings. The molecule has 1 saturated heterocycles. The molecule has 26 heavy (non-hydrogen) atoms. The minimum atomic E-state index is -3.03. The number of amides is 2. The van der Waals surface area contributed by atoms with Crippen molar-refractivity contribution >= 4 is 38.9 Å². The van der Waals surface area contributed by atoms with Crippen molar-refractivity contribution in [3.05, 3.63) is 28.8 Å². The third-order valence-corrected chi connectivity index (χ3v) is 6.40. The predicted octanol–water partition coefficient (Wildman–Crippen LogP) is -0.205. The van der Waals surface area contributed by atoms with Gasteiger partial charge in [-0.2, -0.15) is 0 Å². The Hall–Kier alpha value is -1.64. The van der Waals surface area contributed by atoms with Crippen molar-refractivity contribution < 1.29 is 22.9 Å². The first-order valence-corrected chi connectivity index (χ1v) is 10.8. The average molecular weight is 403 g/mol. The fourth-order valence-corrected chi connectivity index (χ4v) is 4.72. The molecule has 0 spiro atoms. The Balaban J connectivity index is 1.85. The molecular weight excluding hydrogens is 378 g/mol. The molecule has 1 heterocycles. The van der Waals surface area contributed by atoms with Crippen LogP contribution in [0.1, 0.15) is 18.9 Å². The number of quaternary nitrogens is 1. The minimum absolute atomic E-state index is 0.00523. The quantitative estimate of drug-likeness (QED) is 0.588. The SMILES string of the molecule is CC[NH+](CC(=O)Nc1cc(Cl)ccc1C)CC(=O)N[C@@H]1CCS(=O)(=O)C1. The van der Waals surface area contributed by atoms with Crippen molar-refractivity contribution in [1.29, 1.82) is 0 Å². The molecule has 0 saturated carbocycles. The molecule has 1 aromatic carbocycles. The summed E-state index contributed by atoms with van der Waals surface area (Å²) in [5.41, 5.74) is 1.56. The molecule has 2 atom stereocenters. The molecule has 2 amide bonds. The van der Waals surface area contributed by atoms with E-state index in [1.165, 1.54) is 0 Å². The molecule has 144 valence electrons. The molecule has 1 aliphatic rings. The summed E-state index contributed by atoms with van der Waals surface area (Å²) in [6, 6.07) is 4.94. The van der Waals surface area contributed by atoms with Gasteiger partial charge < -0.3 is 15.5 Å². The van der Waals surface area contributed by atoms with E-state index in [-0.39, 0.29) is 42.5 Å². The topological polar surface area (TPSA) is 96.8 Å². The van der Waals surface area contributed by atoms with Gasteiger partial charge in [-0.25, -0.2) is 8.42 Å². The largest absolute Gasteiger partial charge is 0.347 e. The van der Waals surface area contributed by atoms with Crippen LogP contribution in [0.4, 0.5) is 5.69 Å². The minimum Gasteiger partial charge on any atom is -0.347 e. The van der Waals surface area contributed by atoms with Crippen LogP contribution in [0.15, 0.2) is 18.2 Å². The Morgan fingerprint density at radius 2 is 1.96 bits per heavy atom. The zero-order valence-corrected chi connectivity index (χ0v) is 16.5. The van der Waals surface area contributed by atoms with Crippen LogP contribution in [-0.2, 0) is 19.4 Å². The fraction of sp³-hybridized carbons (Fsp3) is 0.529. The predicted molar refractivity (Wildman–Crippen MR) is 101 cm³/mol. The van der Waals surface area contributed by atoms with Crippen LogP contribution < -0.4 is 15.5 Å². The fourth-order valence-electron chi connectivity index (χ4n) is 2.88. The summed E-state index contributed by atoms with van der Waals surface area (Å²) in [7, 11) is -3.03. The van der Waals surface area contributed by atoms with Gasteiger partial charge in [-0.15, -0.1) is 0 Å². The van der Waals surface area contributed by atoms with Crippen LogP contribution in [0, 0.1) is 6.92 Å². The number of nitrogens with one attached hydrogen (secondary N) is 3. The van der Waals surface area contributed by atoms with Crippen LogP contribution in [0.3, 0.4) is 0 Å². The molecule has 3 N–H and O–H groups in total. The molecule has 0 aliphatic carbocycles. The number of carbonyl (C=O) groups excluding carboxylic acids is 2. The highest BCUT2D eigenvalue weighted by atomic mass is 35.5. The van der Waals surface area contributed by atoms with Gasteiger partial charge in [0.2, 0.25) is 0 Å². The maximum atomic E-state index is 12.3. The lowest BCUT2D eigenvalue weighted by atomic mass is 10.2. The van der Waals surface area contributed by atoms with E-state index in [1.54, 1.807) is 12.1 Å². The maximum absolute atomic E-state index is 12.3. The second-order valence-corrected chi connectivity index (χ2v) is 9.30. The van der Waals surface area contributed by atoms with Crippen LogP contribution in [0.2, 0.25) is 5.02 Å². The summed E-state index contributed by atoms with van der Waals surface area (Å²) >= 11 is 5.95. The lowest BCUT2D eigenvalue weighted by Crippen LogP contribution is -3.14. The van der Waals surface area contributed by atoms with E-state index in [0.29, 0.717) is 23.7 Å². The molecule has 0 aromatic heterocycles. The average Bonchev–Trinajstić information content (AvgIpc) is 2.88. The van der Waals surface area contributed by atoms with Crippen molar-refractivity contribution in [2.24, 2.45) is 0 Å². The van der Waals surface area contributed by atoms with Crippen molar-refractivity contribution in [2.45, 2.75) is 26.3 Å². The summed E-state index contributed by atoms with van der Waals surface area (Å²) in [5.74, 6) is -0.336. The molecule has 2 rings (SSSR count). The van der Waals surface area contributed by atoms with E-state index in [1.807, 2.05) is 19.9 Å². The third kappa shape index (κ3) is 6.26. The summed E-state index contributed by atoms with van der Waals surface area (Å²) in [4.78, 5) is 25.2. The summed E-state index contributed by atoms with van der Waals surface area (Å²) < 4.78 is 22.9. The Bertz CT molecular complexity index is 782. The van der Waals surface area contributed by atoms with Gasteiger partial charge in [0.1, 0.15) is 0 Å². The number of anilines is 1. The van der Waals surface area contributed by atoms with E-state index in [4.69, 9.17) is 11.6 Å². The first-order valence-electron chi connectivity index (χ1n) is 8.58. The Morgan fingerprint density at radius 3 is 2.58 bits per heavy atom. The van der Waals surface area contributed by atoms with Crippen LogP contribution in [-0.4, -0.2) is 57.4 Å². The number of halogens is 1. The molecule has 0 bridgehead atoms.